The number of rotatable bonds is 8. The van der Waals surface area contributed by atoms with Crippen LogP contribution in [0.3, 0.4) is 0 Å². The normalized spacial score (nSPS) is 11.8. The number of carboxylic acids is 1. The van der Waals surface area contributed by atoms with Crippen molar-refractivity contribution in [3.05, 3.63) is 48.0 Å². The van der Waals surface area contributed by atoms with Crippen molar-refractivity contribution >= 4 is 22.5 Å². The third-order valence-electron chi connectivity index (χ3n) is 3.42. The molecule has 2 rings (SSSR count). The SMILES string of the molecule is CCCCNc1cc(C(=O)O)cc(S(C)=O)c1Oc1ccccc1. The molecular formula is C18H21NO4S. The van der Waals surface area contributed by atoms with E-state index >= 15 is 0 Å². The Hall–Kier alpha value is -2.34. The third kappa shape index (κ3) is 4.58. The van der Waals surface area contributed by atoms with Crippen LogP contribution >= 0.6 is 0 Å². The topological polar surface area (TPSA) is 75.6 Å². The Morgan fingerprint density at radius 2 is 1.96 bits per heavy atom. The molecule has 1 unspecified atom stereocenters. The zero-order valence-electron chi connectivity index (χ0n) is 13.7. The summed E-state index contributed by atoms with van der Waals surface area (Å²) in [4.78, 5) is 11.7. The zero-order valence-corrected chi connectivity index (χ0v) is 14.6. The lowest BCUT2D eigenvalue weighted by molar-refractivity contribution is 0.0696. The molecule has 0 heterocycles. The van der Waals surface area contributed by atoms with Gasteiger partial charge in [-0.05, 0) is 30.7 Å². The molecule has 0 bridgehead atoms. The van der Waals surface area contributed by atoms with Crippen LogP contribution < -0.4 is 10.1 Å². The van der Waals surface area contributed by atoms with Crippen molar-refractivity contribution in [2.24, 2.45) is 0 Å². The summed E-state index contributed by atoms with van der Waals surface area (Å²) in [6.07, 6.45) is 3.45. The highest BCUT2D eigenvalue weighted by molar-refractivity contribution is 7.84. The molecule has 0 aliphatic rings. The molecule has 1 atom stereocenters. The number of hydrogen-bond acceptors (Lipinski definition) is 4. The molecular weight excluding hydrogens is 326 g/mol. The molecule has 0 aromatic heterocycles. The Kier molecular flexibility index (Phi) is 6.37. The van der Waals surface area contributed by atoms with Gasteiger partial charge in [-0.25, -0.2) is 4.79 Å². The molecule has 128 valence electrons. The monoisotopic (exact) mass is 347 g/mol. The van der Waals surface area contributed by atoms with Gasteiger partial charge in [-0.15, -0.1) is 0 Å². The van der Waals surface area contributed by atoms with Crippen molar-refractivity contribution < 1.29 is 18.8 Å². The molecule has 0 saturated carbocycles. The van der Waals surface area contributed by atoms with Crippen LogP contribution in [0, 0.1) is 0 Å². The minimum Gasteiger partial charge on any atom is -0.478 e. The van der Waals surface area contributed by atoms with Crippen LogP contribution in [0.15, 0.2) is 47.4 Å². The van der Waals surface area contributed by atoms with Gasteiger partial charge in [0, 0.05) is 12.8 Å². The minimum atomic E-state index is -1.39. The van der Waals surface area contributed by atoms with Gasteiger partial charge in [0.15, 0.2) is 5.75 Å². The maximum absolute atomic E-state index is 12.1. The number of unbranched alkanes of at least 4 members (excludes halogenated alkanes) is 1. The number of aromatic carboxylic acids is 1. The number of nitrogens with one attached hydrogen (secondary N) is 1. The number of benzene rings is 2. The van der Waals surface area contributed by atoms with E-state index in [1.807, 2.05) is 18.2 Å². The fourth-order valence-corrected chi connectivity index (χ4v) is 2.89. The molecule has 0 spiro atoms. The highest BCUT2D eigenvalue weighted by Gasteiger charge is 2.18. The standard InChI is InChI=1S/C18H21NO4S/c1-3-4-10-19-15-11-13(18(20)21)12-16(24(2)22)17(15)23-14-8-6-5-7-9-14/h5-9,11-12,19H,3-4,10H2,1-2H3,(H,20,21). The lowest BCUT2D eigenvalue weighted by Gasteiger charge is -2.17. The second kappa shape index (κ2) is 8.49. The van der Waals surface area contributed by atoms with Gasteiger partial charge in [-0.3, -0.25) is 4.21 Å². The first-order valence-corrected chi connectivity index (χ1v) is 9.30. The van der Waals surface area contributed by atoms with E-state index in [9.17, 15) is 14.1 Å². The van der Waals surface area contributed by atoms with Gasteiger partial charge in [0.25, 0.3) is 0 Å². The number of ether oxygens (including phenoxy) is 1. The van der Waals surface area contributed by atoms with Crippen LogP contribution in [-0.2, 0) is 10.8 Å². The molecule has 5 nitrogen and oxygen atoms in total. The van der Waals surface area contributed by atoms with Crippen LogP contribution in [-0.4, -0.2) is 28.1 Å². The summed E-state index contributed by atoms with van der Waals surface area (Å²) in [7, 11) is -1.39. The fourth-order valence-electron chi connectivity index (χ4n) is 2.18. The molecule has 2 aromatic rings. The second-order valence-electron chi connectivity index (χ2n) is 5.31. The van der Waals surface area contributed by atoms with Crippen LogP contribution in [0.4, 0.5) is 5.69 Å². The van der Waals surface area contributed by atoms with E-state index in [0.29, 0.717) is 28.6 Å². The van der Waals surface area contributed by atoms with Gasteiger partial charge in [-0.1, -0.05) is 31.5 Å². The van der Waals surface area contributed by atoms with E-state index in [0.717, 1.165) is 12.8 Å². The molecule has 24 heavy (non-hydrogen) atoms. The molecule has 6 heteroatoms. The molecule has 0 aliphatic carbocycles. The Morgan fingerprint density at radius 3 is 2.54 bits per heavy atom. The van der Waals surface area contributed by atoms with Gasteiger partial charge >= 0.3 is 5.97 Å². The van der Waals surface area contributed by atoms with Crippen molar-refractivity contribution in [3.8, 4) is 11.5 Å². The van der Waals surface area contributed by atoms with Gasteiger partial charge in [0.2, 0.25) is 0 Å². The number of para-hydroxylation sites is 1. The van der Waals surface area contributed by atoms with E-state index < -0.39 is 16.8 Å². The van der Waals surface area contributed by atoms with E-state index in [-0.39, 0.29) is 5.56 Å². The Morgan fingerprint density at radius 1 is 1.25 bits per heavy atom. The van der Waals surface area contributed by atoms with Crippen LogP contribution in [0.25, 0.3) is 0 Å². The van der Waals surface area contributed by atoms with E-state index in [2.05, 4.69) is 12.2 Å². The summed E-state index contributed by atoms with van der Waals surface area (Å²) in [5, 5.41) is 12.5. The second-order valence-corrected chi connectivity index (χ2v) is 6.65. The Labute approximate surface area is 144 Å². The van der Waals surface area contributed by atoms with Crippen LogP contribution in [0.2, 0.25) is 0 Å². The van der Waals surface area contributed by atoms with Crippen molar-refractivity contribution in [2.45, 2.75) is 24.7 Å². The van der Waals surface area contributed by atoms with Crippen molar-refractivity contribution in [1.29, 1.82) is 0 Å². The van der Waals surface area contributed by atoms with Crippen LogP contribution in [0.1, 0.15) is 30.1 Å². The van der Waals surface area contributed by atoms with Crippen molar-refractivity contribution in [2.75, 3.05) is 18.1 Å². The number of carboxylic acid groups (broad SMARTS) is 1. The smallest absolute Gasteiger partial charge is 0.335 e. The van der Waals surface area contributed by atoms with E-state index in [1.165, 1.54) is 18.4 Å². The first-order valence-electron chi connectivity index (χ1n) is 7.74. The van der Waals surface area contributed by atoms with Crippen molar-refractivity contribution in [1.82, 2.24) is 0 Å². The quantitative estimate of drug-likeness (QED) is 0.702. The number of anilines is 1. The van der Waals surface area contributed by atoms with Crippen LogP contribution in [0.5, 0.6) is 11.5 Å². The average molecular weight is 347 g/mol. The number of hydrogen-bond donors (Lipinski definition) is 2. The first kappa shape index (κ1) is 18.0. The number of carbonyl (C=O) groups is 1. The molecule has 0 amide bonds. The summed E-state index contributed by atoms with van der Waals surface area (Å²) >= 11 is 0. The molecule has 0 fully saturated rings. The highest BCUT2D eigenvalue weighted by atomic mass is 32.2. The Bertz CT molecular complexity index is 731. The van der Waals surface area contributed by atoms with Gasteiger partial charge < -0.3 is 15.2 Å². The molecule has 0 saturated heterocycles. The average Bonchev–Trinajstić information content (AvgIpc) is 2.56. The Balaban J connectivity index is 2.49. The van der Waals surface area contributed by atoms with Gasteiger partial charge in [0.05, 0.1) is 26.9 Å². The fraction of sp³-hybridized carbons (Fsp3) is 0.278. The lowest BCUT2D eigenvalue weighted by atomic mass is 10.1. The van der Waals surface area contributed by atoms with Gasteiger partial charge in [-0.2, -0.15) is 0 Å². The maximum atomic E-state index is 12.1. The molecule has 0 radical (unpaired) electrons. The lowest BCUT2D eigenvalue weighted by Crippen LogP contribution is -2.08. The molecule has 0 aliphatic heterocycles. The summed E-state index contributed by atoms with van der Waals surface area (Å²) in [5.74, 6) is -0.0551. The molecule has 2 N–H and O–H groups in total. The van der Waals surface area contributed by atoms with Crippen molar-refractivity contribution in [3.63, 3.8) is 0 Å². The maximum Gasteiger partial charge on any atom is 0.335 e. The summed E-state index contributed by atoms with van der Waals surface area (Å²) in [6.45, 7) is 2.75. The minimum absolute atomic E-state index is 0.0830. The first-order chi connectivity index (χ1) is 11.5. The van der Waals surface area contributed by atoms with Gasteiger partial charge in [0.1, 0.15) is 5.75 Å². The summed E-state index contributed by atoms with van der Waals surface area (Å²) in [6, 6.07) is 12.1. The third-order valence-corrected chi connectivity index (χ3v) is 4.34. The predicted octanol–water partition coefficient (Wildman–Crippen LogP) is 4.13. The predicted molar refractivity (Wildman–Crippen MR) is 95.6 cm³/mol. The summed E-state index contributed by atoms with van der Waals surface area (Å²) in [5.41, 5.74) is 0.622. The highest BCUT2D eigenvalue weighted by Crippen LogP contribution is 2.36. The largest absolute Gasteiger partial charge is 0.478 e. The molecule has 2 aromatic carbocycles. The van der Waals surface area contributed by atoms with E-state index in [1.54, 1.807) is 12.1 Å². The zero-order chi connectivity index (χ0) is 17.5. The summed E-state index contributed by atoms with van der Waals surface area (Å²) < 4.78 is 18.0. The van der Waals surface area contributed by atoms with E-state index in [4.69, 9.17) is 4.74 Å².